The molecule has 104 valence electrons. The number of benzene rings is 1. The predicted molar refractivity (Wildman–Crippen MR) is 62.1 cm³/mol. The molecule has 1 aromatic rings. The molecule has 2 unspecified atom stereocenters. The molecule has 0 bridgehead atoms. The van der Waals surface area contributed by atoms with Crippen LogP contribution in [-0.2, 0) is 14.3 Å². The van der Waals surface area contributed by atoms with E-state index < -0.39 is 24.5 Å². The average Bonchev–Trinajstić information content (AvgIpc) is 2.33. The molecule has 0 saturated heterocycles. The Bertz CT molecular complexity index is 429. The summed E-state index contributed by atoms with van der Waals surface area (Å²) < 4.78 is 46.9. The molecular formula is C13H13F3O3. The maximum Gasteiger partial charge on any atom is 0.452 e. The third-order valence-corrected chi connectivity index (χ3v) is 2.15. The Morgan fingerprint density at radius 3 is 2.32 bits per heavy atom. The van der Waals surface area contributed by atoms with Crippen LogP contribution in [0.25, 0.3) is 0 Å². The lowest BCUT2D eigenvalue weighted by Crippen LogP contribution is -2.36. The van der Waals surface area contributed by atoms with Crippen molar-refractivity contribution in [3.8, 4) is 0 Å². The van der Waals surface area contributed by atoms with Crippen molar-refractivity contribution < 1.29 is 27.4 Å². The van der Waals surface area contributed by atoms with Crippen molar-refractivity contribution >= 4 is 5.97 Å². The molecule has 2 atom stereocenters. The zero-order chi connectivity index (χ0) is 14.5. The van der Waals surface area contributed by atoms with Crippen LogP contribution < -0.4 is 0 Å². The van der Waals surface area contributed by atoms with Gasteiger partial charge in [0.1, 0.15) is 6.10 Å². The van der Waals surface area contributed by atoms with Gasteiger partial charge in [-0.2, -0.15) is 13.2 Å². The van der Waals surface area contributed by atoms with Gasteiger partial charge in [-0.05, 0) is 5.56 Å². The molecule has 0 N–H and O–H groups in total. The molecular weight excluding hydrogens is 261 g/mol. The van der Waals surface area contributed by atoms with E-state index in [2.05, 4.69) is 11.3 Å². The van der Waals surface area contributed by atoms with Crippen LogP contribution >= 0.6 is 0 Å². The number of ether oxygens (including phenoxy) is 2. The first kappa shape index (κ1) is 15.2. The first-order valence-electron chi connectivity index (χ1n) is 5.41. The second-order valence-electron chi connectivity index (χ2n) is 3.69. The van der Waals surface area contributed by atoms with Crippen molar-refractivity contribution in [3.63, 3.8) is 0 Å². The average molecular weight is 274 g/mol. The predicted octanol–water partition coefficient (Wildman–Crippen LogP) is 3.38. The lowest BCUT2D eigenvalue weighted by Gasteiger charge is -2.24. The zero-order valence-corrected chi connectivity index (χ0v) is 10.2. The van der Waals surface area contributed by atoms with Gasteiger partial charge >= 0.3 is 18.4 Å². The Morgan fingerprint density at radius 2 is 1.89 bits per heavy atom. The van der Waals surface area contributed by atoms with Gasteiger partial charge in [0.05, 0.1) is 0 Å². The number of carbonyl (C=O) groups excluding carboxylic acids is 1. The Morgan fingerprint density at radius 1 is 1.32 bits per heavy atom. The molecule has 0 radical (unpaired) electrons. The zero-order valence-electron chi connectivity index (χ0n) is 10.2. The number of rotatable bonds is 5. The minimum absolute atomic E-state index is 0.485. The summed E-state index contributed by atoms with van der Waals surface area (Å²) in [6, 6.07) is 8.21. The summed E-state index contributed by atoms with van der Waals surface area (Å²) in [5, 5.41) is 0. The lowest BCUT2D eigenvalue weighted by atomic mass is 10.1. The molecule has 1 aromatic carbocycles. The van der Waals surface area contributed by atoms with E-state index in [-0.39, 0.29) is 0 Å². The fourth-order valence-corrected chi connectivity index (χ4v) is 1.37. The Labute approximate surface area is 108 Å². The Kier molecular flexibility index (Phi) is 5.11. The van der Waals surface area contributed by atoms with Gasteiger partial charge in [-0.25, -0.2) is 0 Å². The van der Waals surface area contributed by atoms with Gasteiger partial charge in [-0.15, -0.1) is 6.58 Å². The Hall–Kier alpha value is -1.82. The molecule has 0 aromatic heterocycles. The molecule has 3 nitrogen and oxygen atoms in total. The van der Waals surface area contributed by atoms with E-state index in [1.807, 2.05) is 0 Å². The number of esters is 1. The van der Waals surface area contributed by atoms with Crippen molar-refractivity contribution in [3.05, 3.63) is 48.6 Å². The minimum atomic E-state index is -4.80. The first-order chi connectivity index (χ1) is 8.84. The molecule has 0 aliphatic rings. The van der Waals surface area contributed by atoms with E-state index in [4.69, 9.17) is 4.74 Å². The molecule has 0 aliphatic heterocycles. The first-order valence-corrected chi connectivity index (χ1v) is 5.41. The fourth-order valence-electron chi connectivity index (χ4n) is 1.37. The van der Waals surface area contributed by atoms with Gasteiger partial charge in [-0.3, -0.25) is 4.79 Å². The van der Waals surface area contributed by atoms with Crippen molar-refractivity contribution in [2.24, 2.45) is 0 Å². The minimum Gasteiger partial charge on any atom is -0.426 e. The summed E-state index contributed by atoms with van der Waals surface area (Å²) in [5.41, 5.74) is 0.485. The van der Waals surface area contributed by atoms with E-state index in [1.54, 1.807) is 30.3 Å². The summed E-state index contributed by atoms with van der Waals surface area (Å²) in [4.78, 5) is 10.7. The molecule has 1 rings (SSSR count). The second kappa shape index (κ2) is 6.38. The SMILES string of the molecule is C=CC(OC(OC(C)=O)C(F)(F)F)c1ccccc1. The largest absolute Gasteiger partial charge is 0.452 e. The van der Waals surface area contributed by atoms with Gasteiger partial charge in [0.2, 0.25) is 0 Å². The summed E-state index contributed by atoms with van der Waals surface area (Å²) >= 11 is 0. The number of carbonyl (C=O) groups is 1. The van der Waals surface area contributed by atoms with Gasteiger partial charge in [0.15, 0.2) is 0 Å². The van der Waals surface area contributed by atoms with Crippen LogP contribution in [0.5, 0.6) is 0 Å². The van der Waals surface area contributed by atoms with Crippen molar-refractivity contribution in [2.75, 3.05) is 0 Å². The molecule has 0 fully saturated rings. The second-order valence-corrected chi connectivity index (χ2v) is 3.69. The highest BCUT2D eigenvalue weighted by Gasteiger charge is 2.45. The number of hydrogen-bond acceptors (Lipinski definition) is 3. The van der Waals surface area contributed by atoms with Gasteiger partial charge in [-0.1, -0.05) is 36.4 Å². The molecule has 19 heavy (non-hydrogen) atoms. The van der Waals surface area contributed by atoms with E-state index in [0.29, 0.717) is 5.56 Å². The number of halogens is 3. The van der Waals surface area contributed by atoms with Crippen LogP contribution in [-0.4, -0.2) is 18.4 Å². The van der Waals surface area contributed by atoms with Crippen LogP contribution in [0.4, 0.5) is 13.2 Å². The summed E-state index contributed by atoms with van der Waals surface area (Å²) in [6.07, 6.45) is -7.24. The van der Waals surface area contributed by atoms with Gasteiger partial charge < -0.3 is 9.47 Å². The van der Waals surface area contributed by atoms with Crippen molar-refractivity contribution in [1.29, 1.82) is 0 Å². The van der Waals surface area contributed by atoms with Crippen LogP contribution in [0.3, 0.4) is 0 Å². The lowest BCUT2D eigenvalue weighted by molar-refractivity contribution is -0.307. The number of hydrogen-bond donors (Lipinski definition) is 0. The third-order valence-electron chi connectivity index (χ3n) is 2.15. The molecule has 0 amide bonds. The maximum absolute atomic E-state index is 12.7. The topological polar surface area (TPSA) is 35.5 Å². The molecule has 0 aliphatic carbocycles. The highest BCUT2D eigenvalue weighted by molar-refractivity contribution is 5.66. The highest BCUT2D eigenvalue weighted by Crippen LogP contribution is 2.29. The fraction of sp³-hybridized carbons (Fsp3) is 0.308. The van der Waals surface area contributed by atoms with Gasteiger partial charge in [0.25, 0.3) is 0 Å². The monoisotopic (exact) mass is 274 g/mol. The smallest absolute Gasteiger partial charge is 0.426 e. The summed E-state index contributed by atoms with van der Waals surface area (Å²) in [5.74, 6) is -1.07. The third kappa shape index (κ3) is 4.75. The van der Waals surface area contributed by atoms with E-state index in [0.717, 1.165) is 6.92 Å². The van der Waals surface area contributed by atoms with E-state index in [9.17, 15) is 18.0 Å². The van der Waals surface area contributed by atoms with E-state index >= 15 is 0 Å². The highest BCUT2D eigenvalue weighted by atomic mass is 19.4. The van der Waals surface area contributed by atoms with E-state index in [1.165, 1.54) is 6.08 Å². The quantitative estimate of drug-likeness (QED) is 0.469. The summed E-state index contributed by atoms with van der Waals surface area (Å²) in [7, 11) is 0. The maximum atomic E-state index is 12.7. The molecule has 0 spiro atoms. The normalized spacial score (nSPS) is 14.5. The van der Waals surface area contributed by atoms with Crippen molar-refractivity contribution in [1.82, 2.24) is 0 Å². The Balaban J connectivity index is 2.87. The van der Waals surface area contributed by atoms with Gasteiger partial charge in [0, 0.05) is 6.92 Å². The number of alkyl halides is 3. The van der Waals surface area contributed by atoms with Crippen LogP contribution in [0.15, 0.2) is 43.0 Å². The molecule has 0 saturated carbocycles. The van der Waals surface area contributed by atoms with Crippen molar-refractivity contribution in [2.45, 2.75) is 25.5 Å². The standard InChI is InChI=1S/C13H13F3O3/c1-3-11(10-7-5-4-6-8-10)19-12(13(14,15)16)18-9(2)17/h3-8,11-12H,1H2,2H3. The molecule has 6 heteroatoms. The van der Waals surface area contributed by atoms with Crippen LogP contribution in [0.2, 0.25) is 0 Å². The summed E-state index contributed by atoms with van der Waals surface area (Å²) in [6.45, 7) is 4.30. The molecule has 0 heterocycles. The van der Waals surface area contributed by atoms with Crippen LogP contribution in [0, 0.1) is 0 Å². The van der Waals surface area contributed by atoms with Crippen LogP contribution in [0.1, 0.15) is 18.6 Å².